The molecule has 1 atom stereocenters. The van der Waals surface area contributed by atoms with Gasteiger partial charge in [-0.15, -0.1) is 0 Å². The molecule has 0 saturated carbocycles. The van der Waals surface area contributed by atoms with Gasteiger partial charge in [-0.2, -0.15) is 21.4 Å². The Hall–Kier alpha value is -0.580. The first kappa shape index (κ1) is 12.5. The molecule has 84 valence electrons. The van der Waals surface area contributed by atoms with Crippen LogP contribution in [0.4, 0.5) is 8.78 Å². The molecule has 0 fully saturated rings. The molecular formula is C8H9F2O3PS. The highest BCUT2D eigenvalue weighted by Crippen LogP contribution is 2.48. The van der Waals surface area contributed by atoms with Gasteiger partial charge in [-0.1, -0.05) is 12.1 Å². The highest BCUT2D eigenvalue weighted by molar-refractivity contribution is 7.79. The Morgan fingerprint density at radius 3 is 2.33 bits per heavy atom. The van der Waals surface area contributed by atoms with Crippen molar-refractivity contribution in [2.75, 3.05) is 0 Å². The van der Waals surface area contributed by atoms with E-state index in [0.717, 1.165) is 5.56 Å². The number of hydrogen-bond acceptors (Lipinski definition) is 3. The second kappa shape index (κ2) is 4.96. The van der Waals surface area contributed by atoms with Crippen LogP contribution in [0.5, 0.6) is 5.75 Å². The molecule has 3 nitrogen and oxygen atoms in total. The maximum atomic E-state index is 12.0. The molecule has 1 N–H and O–H groups in total. The van der Waals surface area contributed by atoms with Crippen molar-refractivity contribution in [3.05, 3.63) is 29.8 Å². The first-order valence-electron chi connectivity index (χ1n) is 3.96. The second-order valence-electron chi connectivity index (χ2n) is 2.74. The van der Waals surface area contributed by atoms with Gasteiger partial charge in [-0.25, -0.2) is 4.57 Å². The molecular weight excluding hydrogens is 245 g/mol. The first-order valence-corrected chi connectivity index (χ1v) is 6.23. The third kappa shape index (κ3) is 3.48. The monoisotopic (exact) mass is 254 g/mol. The molecule has 0 aromatic heterocycles. The number of halogens is 2. The Labute approximate surface area is 91.0 Å². The van der Waals surface area contributed by atoms with Crippen LogP contribution in [0.25, 0.3) is 0 Å². The largest absolute Gasteiger partial charge is 0.442 e. The van der Waals surface area contributed by atoms with E-state index in [1.54, 1.807) is 12.1 Å². The lowest BCUT2D eigenvalue weighted by Gasteiger charge is -2.12. The normalized spacial score (nSPS) is 15.0. The molecule has 0 aliphatic rings. The van der Waals surface area contributed by atoms with E-state index in [2.05, 4.69) is 17.2 Å². The van der Waals surface area contributed by atoms with E-state index in [1.165, 1.54) is 12.1 Å². The van der Waals surface area contributed by atoms with Crippen LogP contribution < -0.4 is 4.52 Å². The lowest BCUT2D eigenvalue weighted by atomic mass is 10.2. The van der Waals surface area contributed by atoms with Gasteiger partial charge in [0.1, 0.15) is 5.75 Å². The predicted octanol–water partition coefficient (Wildman–Crippen LogP) is 2.90. The quantitative estimate of drug-likeness (QED) is 0.641. The van der Waals surface area contributed by atoms with Crippen LogP contribution in [0.1, 0.15) is 5.56 Å². The van der Waals surface area contributed by atoms with Gasteiger partial charge in [0.25, 0.3) is 0 Å². The van der Waals surface area contributed by atoms with E-state index in [4.69, 9.17) is 4.89 Å². The molecule has 0 spiro atoms. The molecule has 0 aliphatic heterocycles. The summed E-state index contributed by atoms with van der Waals surface area (Å²) in [7, 11) is -4.86. The minimum Gasteiger partial charge on any atom is -0.421 e. The van der Waals surface area contributed by atoms with E-state index in [9.17, 15) is 13.3 Å². The number of benzene rings is 1. The Morgan fingerprint density at radius 2 is 1.93 bits per heavy atom. The third-order valence-corrected chi connectivity index (χ3v) is 2.92. The van der Waals surface area contributed by atoms with Gasteiger partial charge >= 0.3 is 13.8 Å². The van der Waals surface area contributed by atoms with Crippen molar-refractivity contribution in [3.8, 4) is 5.75 Å². The van der Waals surface area contributed by atoms with Gasteiger partial charge in [0.15, 0.2) is 0 Å². The summed E-state index contributed by atoms with van der Waals surface area (Å²) in [5, 5.41) is 0. The standard InChI is InChI=1S/C8H9F2O3PS/c9-8(10)14(11,12)13-7-3-1-6(5-15)2-4-7/h1-4,8,15H,5H2,(H,11,12). The SMILES string of the molecule is O=P(O)(Oc1ccc(CS)cc1)C(F)F. The van der Waals surface area contributed by atoms with Gasteiger partial charge < -0.3 is 9.42 Å². The van der Waals surface area contributed by atoms with E-state index < -0.39 is 13.8 Å². The van der Waals surface area contributed by atoms with E-state index in [1.807, 2.05) is 0 Å². The zero-order valence-corrected chi connectivity index (χ0v) is 9.30. The molecule has 0 radical (unpaired) electrons. The van der Waals surface area contributed by atoms with Gasteiger partial charge in [-0.3, -0.25) is 0 Å². The molecule has 0 heterocycles. The van der Waals surface area contributed by atoms with Crippen molar-refractivity contribution in [2.24, 2.45) is 0 Å². The second-order valence-corrected chi connectivity index (χ2v) is 4.75. The Kier molecular flexibility index (Phi) is 4.13. The minimum atomic E-state index is -4.86. The lowest BCUT2D eigenvalue weighted by Crippen LogP contribution is -2.00. The molecule has 0 saturated heterocycles. The van der Waals surface area contributed by atoms with Gasteiger partial charge in [0.2, 0.25) is 0 Å². The molecule has 0 aliphatic carbocycles. The fourth-order valence-corrected chi connectivity index (χ4v) is 1.56. The molecule has 15 heavy (non-hydrogen) atoms. The maximum Gasteiger partial charge on any atom is 0.442 e. The Balaban J connectivity index is 2.77. The molecule has 1 aromatic rings. The molecule has 0 amide bonds. The van der Waals surface area contributed by atoms with Crippen LogP contribution >= 0.6 is 20.2 Å². The first-order chi connectivity index (χ1) is 6.95. The van der Waals surface area contributed by atoms with Crippen LogP contribution in [0, 0.1) is 0 Å². The smallest absolute Gasteiger partial charge is 0.421 e. The van der Waals surface area contributed by atoms with Gasteiger partial charge in [0, 0.05) is 5.75 Å². The summed E-state index contributed by atoms with van der Waals surface area (Å²) in [5.41, 5.74) is 0.857. The molecule has 1 unspecified atom stereocenters. The van der Waals surface area contributed by atoms with E-state index in [-0.39, 0.29) is 5.75 Å². The summed E-state index contributed by atoms with van der Waals surface area (Å²) in [4.78, 5) is 8.74. The van der Waals surface area contributed by atoms with Crippen LogP contribution in [0.15, 0.2) is 24.3 Å². The van der Waals surface area contributed by atoms with Gasteiger partial charge in [-0.05, 0) is 17.7 Å². The van der Waals surface area contributed by atoms with Crippen molar-refractivity contribution in [2.45, 2.75) is 11.9 Å². The van der Waals surface area contributed by atoms with Crippen molar-refractivity contribution in [3.63, 3.8) is 0 Å². The highest BCUT2D eigenvalue weighted by atomic mass is 32.1. The van der Waals surface area contributed by atoms with Crippen LogP contribution in [-0.4, -0.2) is 11.1 Å². The third-order valence-electron chi connectivity index (χ3n) is 1.59. The zero-order chi connectivity index (χ0) is 11.5. The maximum absolute atomic E-state index is 12.0. The fraction of sp³-hybridized carbons (Fsp3) is 0.250. The Morgan fingerprint density at radius 1 is 1.40 bits per heavy atom. The average molecular weight is 254 g/mol. The number of thiol groups is 1. The fourth-order valence-electron chi connectivity index (χ4n) is 0.847. The van der Waals surface area contributed by atoms with Gasteiger partial charge in [0.05, 0.1) is 0 Å². The average Bonchev–Trinajstić information content (AvgIpc) is 2.18. The van der Waals surface area contributed by atoms with E-state index in [0.29, 0.717) is 5.75 Å². The predicted molar refractivity (Wildman–Crippen MR) is 55.6 cm³/mol. The summed E-state index contributed by atoms with van der Waals surface area (Å²) in [5.74, 6) is 0.429. The van der Waals surface area contributed by atoms with Crippen molar-refractivity contribution in [1.82, 2.24) is 0 Å². The number of hydrogen-bond donors (Lipinski definition) is 2. The molecule has 1 aromatic carbocycles. The van der Waals surface area contributed by atoms with Crippen LogP contribution in [0.3, 0.4) is 0 Å². The summed E-state index contributed by atoms with van der Waals surface area (Å²) in [6, 6.07) is 5.84. The van der Waals surface area contributed by atoms with Crippen molar-refractivity contribution in [1.29, 1.82) is 0 Å². The van der Waals surface area contributed by atoms with Crippen molar-refractivity contribution < 1.29 is 22.8 Å². The van der Waals surface area contributed by atoms with Crippen molar-refractivity contribution >= 4 is 20.2 Å². The summed E-state index contributed by atoms with van der Waals surface area (Å²) >= 11 is 4.00. The molecule has 0 bridgehead atoms. The van der Waals surface area contributed by atoms with Crippen LogP contribution in [-0.2, 0) is 10.3 Å². The zero-order valence-electron chi connectivity index (χ0n) is 7.51. The minimum absolute atomic E-state index is 0.0633. The van der Waals surface area contributed by atoms with Crippen LogP contribution in [0.2, 0.25) is 0 Å². The summed E-state index contributed by atoms with van der Waals surface area (Å²) < 4.78 is 39.1. The summed E-state index contributed by atoms with van der Waals surface area (Å²) in [6.07, 6.45) is -3.40. The van der Waals surface area contributed by atoms with E-state index >= 15 is 0 Å². The summed E-state index contributed by atoms with van der Waals surface area (Å²) in [6.45, 7) is 0. The number of alkyl halides is 2. The number of rotatable bonds is 4. The highest BCUT2D eigenvalue weighted by Gasteiger charge is 2.34. The topological polar surface area (TPSA) is 46.5 Å². The Bertz CT molecular complexity index is 369. The molecule has 7 heteroatoms. The lowest BCUT2D eigenvalue weighted by molar-refractivity contribution is 0.188. The molecule has 1 rings (SSSR count).